The van der Waals surface area contributed by atoms with Crippen LogP contribution < -0.4 is 26.0 Å². The van der Waals surface area contributed by atoms with E-state index >= 15 is 0 Å². The Morgan fingerprint density at radius 1 is 0.706 bits per heavy atom. The van der Waals surface area contributed by atoms with E-state index in [-0.39, 0.29) is 16.2 Å². The van der Waals surface area contributed by atoms with Crippen LogP contribution in [0.3, 0.4) is 0 Å². The topological polar surface area (TPSA) is 57.4 Å². The number of hydrogen-bond acceptors (Lipinski definition) is 3. The summed E-state index contributed by atoms with van der Waals surface area (Å²) >= 11 is 10.9. The van der Waals surface area contributed by atoms with Crippen LogP contribution >= 0.6 is 24.4 Å². The van der Waals surface area contributed by atoms with Crippen LogP contribution in [-0.4, -0.2) is 24.3 Å². The predicted molar refractivity (Wildman–Crippen MR) is 153 cm³/mol. The molecule has 4 N–H and O–H groups in total. The summed E-state index contributed by atoms with van der Waals surface area (Å²) in [5, 5.41) is 13.8. The van der Waals surface area contributed by atoms with Crippen molar-refractivity contribution in [3.05, 3.63) is 46.5 Å². The quantitative estimate of drug-likeness (QED) is 0.351. The number of hydrogen-bond donors (Lipinski definition) is 4. The van der Waals surface area contributed by atoms with Gasteiger partial charge in [-0.3, -0.25) is 0 Å². The zero-order valence-electron chi connectivity index (χ0n) is 22.0. The Morgan fingerprint density at radius 2 is 1.06 bits per heavy atom. The third-order valence-corrected chi connectivity index (χ3v) is 7.02. The lowest BCUT2D eigenvalue weighted by molar-refractivity contribution is 0.419. The van der Waals surface area contributed by atoms with E-state index in [4.69, 9.17) is 29.2 Å². The lowest BCUT2D eigenvalue weighted by Crippen LogP contribution is -2.31. The molecule has 3 rings (SSSR count). The molecule has 1 heterocycles. The highest BCUT2D eigenvalue weighted by Crippen LogP contribution is 2.55. The van der Waals surface area contributed by atoms with Gasteiger partial charge in [0.1, 0.15) is 0 Å². The van der Waals surface area contributed by atoms with Crippen LogP contribution in [0.25, 0.3) is 0 Å². The average Bonchev–Trinajstić information content (AvgIpc) is 2.72. The van der Waals surface area contributed by atoms with Crippen molar-refractivity contribution in [2.45, 2.75) is 71.6 Å². The van der Waals surface area contributed by atoms with Crippen LogP contribution in [0.1, 0.15) is 77.6 Å². The molecule has 0 unspecified atom stereocenters. The van der Waals surface area contributed by atoms with Crippen molar-refractivity contribution in [1.82, 2.24) is 10.6 Å². The van der Waals surface area contributed by atoms with Gasteiger partial charge in [-0.1, -0.05) is 67.5 Å². The Labute approximate surface area is 215 Å². The van der Waals surface area contributed by atoms with Crippen molar-refractivity contribution in [3.63, 3.8) is 0 Å². The average molecular weight is 499 g/mol. The third-order valence-electron chi connectivity index (χ3n) is 6.41. The first-order valence-electron chi connectivity index (χ1n) is 11.6. The highest BCUT2D eigenvalue weighted by atomic mass is 32.1. The number of ether oxygens (including phenoxy) is 1. The van der Waals surface area contributed by atoms with E-state index in [0.29, 0.717) is 10.2 Å². The van der Waals surface area contributed by atoms with Gasteiger partial charge in [0.2, 0.25) is 0 Å². The van der Waals surface area contributed by atoms with Gasteiger partial charge in [-0.2, -0.15) is 0 Å². The predicted octanol–water partition coefficient (Wildman–Crippen LogP) is 6.55. The van der Waals surface area contributed by atoms with E-state index in [9.17, 15) is 0 Å². The molecule has 0 radical (unpaired) electrons. The second kappa shape index (κ2) is 9.00. The van der Waals surface area contributed by atoms with Gasteiger partial charge in [-0.05, 0) is 58.5 Å². The Kier molecular flexibility index (Phi) is 6.95. The number of fused-ring (bicyclic) bond motifs is 2. The van der Waals surface area contributed by atoms with Gasteiger partial charge < -0.3 is 26.0 Å². The molecule has 1 aliphatic rings. The van der Waals surface area contributed by atoms with Crippen molar-refractivity contribution < 1.29 is 4.74 Å². The van der Waals surface area contributed by atoms with Crippen molar-refractivity contribution in [3.8, 4) is 11.5 Å². The first-order valence-corrected chi connectivity index (χ1v) is 12.4. The number of benzene rings is 2. The zero-order chi connectivity index (χ0) is 25.6. The molecule has 0 amide bonds. The molecule has 0 aliphatic carbocycles. The van der Waals surface area contributed by atoms with E-state index in [2.05, 4.69) is 101 Å². The van der Waals surface area contributed by atoms with Gasteiger partial charge in [0.05, 0.1) is 11.4 Å². The molecule has 2 aromatic carbocycles. The molecule has 0 saturated heterocycles. The summed E-state index contributed by atoms with van der Waals surface area (Å²) < 4.78 is 6.70. The molecule has 34 heavy (non-hydrogen) atoms. The Hall–Kier alpha value is -2.38. The summed E-state index contributed by atoms with van der Waals surface area (Å²) in [4.78, 5) is 0. The smallest absolute Gasteiger partial charge is 0.170 e. The maximum Gasteiger partial charge on any atom is 0.170 e. The molecule has 0 fully saturated rings. The van der Waals surface area contributed by atoms with Gasteiger partial charge >= 0.3 is 0 Å². The van der Waals surface area contributed by atoms with E-state index in [0.717, 1.165) is 34.0 Å². The summed E-state index contributed by atoms with van der Waals surface area (Å²) in [5.74, 6) is 1.56. The Balaban J connectivity index is 2.34. The minimum Gasteiger partial charge on any atom is -0.452 e. The summed E-state index contributed by atoms with van der Waals surface area (Å²) in [7, 11) is 3.62. The fourth-order valence-electron chi connectivity index (χ4n) is 4.07. The lowest BCUT2D eigenvalue weighted by atomic mass is 9.71. The van der Waals surface area contributed by atoms with E-state index in [1.54, 1.807) is 0 Å². The van der Waals surface area contributed by atoms with Gasteiger partial charge in [-0.25, -0.2) is 0 Å². The van der Waals surface area contributed by atoms with E-state index in [1.165, 1.54) is 11.1 Å². The summed E-state index contributed by atoms with van der Waals surface area (Å²) in [5.41, 5.74) is 5.99. The van der Waals surface area contributed by atoms with Gasteiger partial charge in [0, 0.05) is 30.6 Å². The number of anilines is 2. The van der Waals surface area contributed by atoms with Crippen LogP contribution in [-0.2, 0) is 16.2 Å². The van der Waals surface area contributed by atoms with Crippen LogP contribution in [0.4, 0.5) is 11.4 Å². The second-order valence-corrected chi connectivity index (χ2v) is 12.3. The molecular weight excluding hydrogens is 460 g/mol. The molecular formula is C27H38N4OS2. The highest BCUT2D eigenvalue weighted by molar-refractivity contribution is 7.80. The number of rotatable bonds is 2. The van der Waals surface area contributed by atoms with E-state index < -0.39 is 0 Å². The van der Waals surface area contributed by atoms with Crippen molar-refractivity contribution >= 4 is 46.0 Å². The number of nitrogens with one attached hydrogen (secondary N) is 4. The van der Waals surface area contributed by atoms with Gasteiger partial charge in [0.25, 0.3) is 0 Å². The summed E-state index contributed by atoms with van der Waals surface area (Å²) in [6.45, 7) is 17.8. The van der Waals surface area contributed by atoms with Crippen molar-refractivity contribution in [2.24, 2.45) is 0 Å². The van der Waals surface area contributed by atoms with Crippen molar-refractivity contribution in [2.75, 3.05) is 24.7 Å². The zero-order valence-corrected chi connectivity index (χ0v) is 23.7. The molecule has 5 nitrogen and oxygen atoms in total. The molecule has 184 valence electrons. The molecule has 0 bridgehead atoms. The maximum atomic E-state index is 6.70. The van der Waals surface area contributed by atoms with Crippen LogP contribution in [0, 0.1) is 0 Å². The standard InChI is InChI=1S/C27H38N4OS2/c1-25(2,3)15-11-17-21(19(13-15)30-23(33)28-9)32-22-18(27(17,7)8)12-16(26(4,5)6)14-20(22)31-24(34)29-10/h11-14H,1-10H3,(H2,28,30,33)(H2,29,31,34). The highest BCUT2D eigenvalue weighted by Gasteiger charge is 2.39. The molecule has 1 aliphatic heterocycles. The molecule has 7 heteroatoms. The monoisotopic (exact) mass is 498 g/mol. The van der Waals surface area contributed by atoms with Gasteiger partial charge in [0.15, 0.2) is 21.7 Å². The minimum absolute atomic E-state index is 0.0396. The molecule has 2 aromatic rings. The SMILES string of the molecule is CNC(=S)Nc1cc(C(C)(C)C)cc2c1Oc1c(NC(=S)NC)cc(C(C)(C)C)cc1C2(C)C. The Morgan fingerprint density at radius 3 is 1.35 bits per heavy atom. The molecule has 0 atom stereocenters. The summed E-state index contributed by atoms with van der Waals surface area (Å²) in [6.07, 6.45) is 0. The second-order valence-electron chi connectivity index (χ2n) is 11.4. The molecule has 0 spiro atoms. The normalized spacial score (nSPS) is 14.3. The maximum absolute atomic E-state index is 6.70. The Bertz CT molecular complexity index is 1050. The summed E-state index contributed by atoms with van der Waals surface area (Å²) in [6, 6.07) is 8.83. The van der Waals surface area contributed by atoms with Crippen LogP contribution in [0.2, 0.25) is 0 Å². The van der Waals surface area contributed by atoms with Crippen molar-refractivity contribution in [1.29, 1.82) is 0 Å². The fraction of sp³-hybridized carbons (Fsp3) is 0.481. The molecule has 0 saturated carbocycles. The fourth-order valence-corrected chi connectivity index (χ4v) is 4.29. The van der Waals surface area contributed by atoms with Crippen LogP contribution in [0.15, 0.2) is 24.3 Å². The lowest BCUT2D eigenvalue weighted by Gasteiger charge is -2.39. The first-order chi connectivity index (χ1) is 15.6. The number of thiocarbonyl (C=S) groups is 2. The third kappa shape index (κ3) is 5.01. The largest absolute Gasteiger partial charge is 0.452 e. The molecule has 0 aromatic heterocycles. The van der Waals surface area contributed by atoms with E-state index in [1.807, 2.05) is 14.1 Å². The first kappa shape index (κ1) is 26.2. The van der Waals surface area contributed by atoms with Gasteiger partial charge in [-0.15, -0.1) is 0 Å². The van der Waals surface area contributed by atoms with Crippen LogP contribution in [0.5, 0.6) is 11.5 Å². The minimum atomic E-state index is -0.319.